The highest BCUT2D eigenvalue weighted by molar-refractivity contribution is 7.92. The van der Waals surface area contributed by atoms with Crippen molar-refractivity contribution in [2.45, 2.75) is 23.8 Å². The lowest BCUT2D eigenvalue weighted by Crippen LogP contribution is -2.43. The maximum absolute atomic E-state index is 14.0. The van der Waals surface area contributed by atoms with Gasteiger partial charge in [0.05, 0.1) is 16.8 Å². The van der Waals surface area contributed by atoms with Gasteiger partial charge in [-0.05, 0) is 44.1 Å². The summed E-state index contributed by atoms with van der Waals surface area (Å²) in [7, 11) is -5.99. The van der Waals surface area contributed by atoms with Gasteiger partial charge in [0.1, 0.15) is 5.82 Å². The lowest BCUT2D eigenvalue weighted by Gasteiger charge is -2.30. The summed E-state index contributed by atoms with van der Waals surface area (Å²) in [4.78, 5) is -0.199. The molecule has 0 bridgehead atoms. The van der Waals surface area contributed by atoms with Crippen LogP contribution < -0.4 is 10.0 Å². The minimum absolute atomic E-state index is 0.141. The molecule has 0 spiro atoms. The third-order valence-electron chi connectivity index (χ3n) is 3.74. The second kappa shape index (κ2) is 6.71. The van der Waals surface area contributed by atoms with Crippen LogP contribution >= 0.6 is 0 Å². The molecule has 7 nitrogen and oxygen atoms in total. The fraction of sp³-hybridized carbons (Fsp3) is 0.538. The van der Waals surface area contributed by atoms with Gasteiger partial charge in [0.25, 0.3) is 0 Å². The first-order valence-corrected chi connectivity index (χ1v) is 10.4. The molecule has 1 aromatic carbocycles. The first kappa shape index (κ1) is 18.1. The van der Waals surface area contributed by atoms with E-state index in [4.69, 9.17) is 0 Å². The second-order valence-corrected chi connectivity index (χ2v) is 9.26. The van der Waals surface area contributed by atoms with E-state index in [0.717, 1.165) is 31.5 Å². The van der Waals surface area contributed by atoms with E-state index in [1.807, 2.05) is 4.72 Å². The molecule has 1 aromatic rings. The van der Waals surface area contributed by atoms with Crippen LogP contribution in [0.5, 0.6) is 0 Å². The molecule has 10 heteroatoms. The summed E-state index contributed by atoms with van der Waals surface area (Å²) in [5, 5.41) is 3.15. The molecule has 1 heterocycles. The molecule has 1 fully saturated rings. The predicted octanol–water partition coefficient (Wildman–Crippen LogP) is 0.570. The van der Waals surface area contributed by atoms with Crippen molar-refractivity contribution in [3.05, 3.63) is 24.0 Å². The molecule has 0 atom stereocenters. The molecule has 130 valence electrons. The van der Waals surface area contributed by atoms with Crippen molar-refractivity contribution in [3.8, 4) is 0 Å². The minimum atomic E-state index is -3.83. The first-order chi connectivity index (χ1) is 10.6. The number of nitrogens with one attached hydrogen (secondary N) is 2. The van der Waals surface area contributed by atoms with E-state index in [1.54, 1.807) is 0 Å². The maximum atomic E-state index is 14.0. The Balaban J connectivity index is 2.27. The van der Waals surface area contributed by atoms with Crippen LogP contribution in [-0.4, -0.2) is 53.6 Å². The monoisotopic (exact) mass is 365 g/mol. The molecule has 2 rings (SSSR count). The van der Waals surface area contributed by atoms with Crippen LogP contribution in [0.4, 0.5) is 10.1 Å². The van der Waals surface area contributed by atoms with Crippen molar-refractivity contribution in [3.63, 3.8) is 0 Å². The summed E-state index contributed by atoms with van der Waals surface area (Å²) in [6.07, 6.45) is 2.26. The van der Waals surface area contributed by atoms with Crippen molar-refractivity contribution < 1.29 is 21.2 Å². The van der Waals surface area contributed by atoms with Crippen LogP contribution in [0, 0.1) is 5.82 Å². The minimum Gasteiger partial charge on any atom is -0.317 e. The van der Waals surface area contributed by atoms with Gasteiger partial charge in [0.2, 0.25) is 20.0 Å². The summed E-state index contributed by atoms with van der Waals surface area (Å²) >= 11 is 0. The van der Waals surface area contributed by atoms with Gasteiger partial charge in [-0.15, -0.1) is 0 Å². The number of rotatable bonds is 5. The summed E-state index contributed by atoms with van der Waals surface area (Å²) in [5.74, 6) is -0.935. The number of benzene rings is 1. The van der Waals surface area contributed by atoms with E-state index in [0.29, 0.717) is 12.8 Å². The molecule has 0 saturated carbocycles. The van der Waals surface area contributed by atoms with Gasteiger partial charge in [-0.2, -0.15) is 4.31 Å². The highest BCUT2D eigenvalue weighted by Crippen LogP contribution is 2.24. The summed E-state index contributed by atoms with van der Waals surface area (Å²) in [6, 6.07) is 3.00. The van der Waals surface area contributed by atoms with Crippen LogP contribution in [0.25, 0.3) is 0 Å². The molecule has 23 heavy (non-hydrogen) atoms. The Morgan fingerprint density at radius 2 is 1.83 bits per heavy atom. The third-order valence-corrected chi connectivity index (χ3v) is 6.23. The molecule has 2 N–H and O–H groups in total. The number of sulfonamides is 2. The van der Waals surface area contributed by atoms with Gasteiger partial charge >= 0.3 is 0 Å². The van der Waals surface area contributed by atoms with Gasteiger partial charge < -0.3 is 5.32 Å². The largest absolute Gasteiger partial charge is 0.317 e. The number of hydrogen-bond donors (Lipinski definition) is 2. The fourth-order valence-corrected chi connectivity index (χ4v) is 4.46. The lowest BCUT2D eigenvalue weighted by atomic mass is 10.1. The Morgan fingerprint density at radius 3 is 2.35 bits per heavy atom. The van der Waals surface area contributed by atoms with E-state index < -0.39 is 25.9 Å². The zero-order valence-corrected chi connectivity index (χ0v) is 14.5. The Bertz CT molecular complexity index is 774. The van der Waals surface area contributed by atoms with Crippen LogP contribution in [0.15, 0.2) is 23.1 Å². The highest BCUT2D eigenvalue weighted by atomic mass is 32.2. The van der Waals surface area contributed by atoms with Crippen molar-refractivity contribution >= 4 is 25.7 Å². The molecule has 0 unspecified atom stereocenters. The summed E-state index contributed by atoms with van der Waals surface area (Å²) in [5.41, 5.74) is -0.282. The Hall–Kier alpha value is -1.23. The van der Waals surface area contributed by atoms with Crippen LogP contribution in [-0.2, 0) is 20.0 Å². The Labute approximate surface area is 136 Å². The van der Waals surface area contributed by atoms with E-state index in [9.17, 15) is 21.2 Å². The molecule has 0 aliphatic carbocycles. The zero-order valence-electron chi connectivity index (χ0n) is 12.9. The number of halogens is 1. The molecular weight excluding hydrogens is 345 g/mol. The van der Waals surface area contributed by atoms with E-state index >= 15 is 0 Å². The standard InChI is InChI=1S/C13H20FN3O4S2/c1-17(10-5-7-15-8-6-10)23(20,21)11-3-4-13(12(14)9-11)16-22(2,18)19/h3-4,9-10,15-16H,5-8H2,1-2H3. The van der Waals surface area contributed by atoms with Gasteiger partial charge in [0, 0.05) is 13.1 Å². The number of hydrogen-bond acceptors (Lipinski definition) is 5. The Morgan fingerprint density at radius 1 is 1.22 bits per heavy atom. The average molecular weight is 365 g/mol. The maximum Gasteiger partial charge on any atom is 0.243 e. The second-order valence-electron chi connectivity index (χ2n) is 5.52. The fourth-order valence-electron chi connectivity index (χ4n) is 2.47. The smallest absolute Gasteiger partial charge is 0.243 e. The first-order valence-electron chi connectivity index (χ1n) is 7.07. The van der Waals surface area contributed by atoms with E-state index in [1.165, 1.54) is 17.4 Å². The van der Waals surface area contributed by atoms with Crippen LogP contribution in [0.1, 0.15) is 12.8 Å². The third kappa shape index (κ3) is 4.40. The molecular formula is C13H20FN3O4S2. The molecule has 1 saturated heterocycles. The number of nitrogens with zero attached hydrogens (tertiary/aromatic N) is 1. The topological polar surface area (TPSA) is 95.6 Å². The number of anilines is 1. The van der Waals surface area contributed by atoms with Crippen molar-refractivity contribution in [1.82, 2.24) is 9.62 Å². The molecule has 1 aliphatic rings. The quantitative estimate of drug-likeness (QED) is 0.795. The molecule has 0 amide bonds. The summed E-state index contributed by atoms with van der Waals surface area (Å²) in [6.45, 7) is 1.46. The normalized spacial score (nSPS) is 17.4. The molecule has 1 aliphatic heterocycles. The van der Waals surface area contributed by atoms with Gasteiger partial charge in [-0.25, -0.2) is 21.2 Å². The van der Waals surface area contributed by atoms with Crippen molar-refractivity contribution in [1.29, 1.82) is 0 Å². The van der Waals surface area contributed by atoms with Crippen LogP contribution in [0.2, 0.25) is 0 Å². The average Bonchev–Trinajstić information content (AvgIpc) is 2.48. The van der Waals surface area contributed by atoms with Crippen LogP contribution in [0.3, 0.4) is 0 Å². The van der Waals surface area contributed by atoms with Crippen molar-refractivity contribution in [2.75, 3.05) is 31.1 Å². The lowest BCUT2D eigenvalue weighted by molar-refractivity contribution is 0.296. The zero-order chi connectivity index (χ0) is 17.3. The summed E-state index contributed by atoms with van der Waals surface area (Å²) < 4.78 is 64.7. The Kier molecular flexibility index (Phi) is 5.29. The molecule has 0 aromatic heterocycles. The molecule has 0 radical (unpaired) electrons. The highest BCUT2D eigenvalue weighted by Gasteiger charge is 2.29. The SMILES string of the molecule is CN(C1CCNCC1)S(=O)(=O)c1ccc(NS(C)(=O)=O)c(F)c1. The van der Waals surface area contributed by atoms with Gasteiger partial charge in [-0.3, -0.25) is 4.72 Å². The van der Waals surface area contributed by atoms with Gasteiger partial charge in [0.15, 0.2) is 0 Å². The van der Waals surface area contributed by atoms with Gasteiger partial charge in [-0.1, -0.05) is 0 Å². The van der Waals surface area contributed by atoms with E-state index in [-0.39, 0.29) is 16.6 Å². The van der Waals surface area contributed by atoms with Crippen molar-refractivity contribution in [2.24, 2.45) is 0 Å². The van der Waals surface area contributed by atoms with E-state index in [2.05, 4.69) is 5.32 Å². The number of piperidine rings is 1. The predicted molar refractivity (Wildman–Crippen MR) is 85.7 cm³/mol.